The fourth-order valence-electron chi connectivity index (χ4n) is 7.46. The van der Waals surface area contributed by atoms with Crippen molar-refractivity contribution in [3.8, 4) is 0 Å². The van der Waals surface area contributed by atoms with Gasteiger partial charge in [-0.25, -0.2) is 9.18 Å². The summed E-state index contributed by atoms with van der Waals surface area (Å²) in [6.45, 7) is 1.11. The number of hydrogen-bond acceptors (Lipinski definition) is 3. The van der Waals surface area contributed by atoms with Crippen molar-refractivity contribution < 1.29 is 18.7 Å². The summed E-state index contributed by atoms with van der Waals surface area (Å²) >= 11 is 0. The molecule has 0 saturated heterocycles. The standard InChI is InChI=1S/C29H31FN2O3/c1-35-28(34)23-2-3-24(25(30)12-23)16-32-7-6-21-11-22(4-5-26(21)32)27(33)31-17-29-13-18-8-19(14-29)10-20(9-18)15-29/h2-7,11-12,18-20H,8-10,13-17H2,1H3,(H,31,33). The molecule has 4 bridgehead atoms. The average Bonchev–Trinajstić information content (AvgIpc) is 3.24. The van der Waals surface area contributed by atoms with E-state index in [1.54, 1.807) is 12.1 Å². The number of fused-ring (bicyclic) bond motifs is 1. The summed E-state index contributed by atoms with van der Waals surface area (Å²) in [7, 11) is 1.28. The summed E-state index contributed by atoms with van der Waals surface area (Å²) in [5.41, 5.74) is 2.57. The highest BCUT2D eigenvalue weighted by Crippen LogP contribution is 2.59. The maximum Gasteiger partial charge on any atom is 0.337 e. The predicted molar refractivity (Wildman–Crippen MR) is 132 cm³/mol. The van der Waals surface area contributed by atoms with Crippen LogP contribution < -0.4 is 5.32 Å². The van der Waals surface area contributed by atoms with Crippen LogP contribution in [0.25, 0.3) is 10.9 Å². The molecule has 4 aliphatic carbocycles. The molecule has 35 heavy (non-hydrogen) atoms. The van der Waals surface area contributed by atoms with Crippen LogP contribution in [0.1, 0.15) is 64.8 Å². The monoisotopic (exact) mass is 474 g/mol. The molecular formula is C29H31FN2O3. The van der Waals surface area contributed by atoms with Gasteiger partial charge in [-0.3, -0.25) is 4.79 Å². The summed E-state index contributed by atoms with van der Waals surface area (Å²) < 4.78 is 21.2. The minimum Gasteiger partial charge on any atom is -0.465 e. The van der Waals surface area contributed by atoms with Gasteiger partial charge in [0.2, 0.25) is 0 Å². The Bertz CT molecular complexity index is 1280. The molecule has 0 atom stereocenters. The summed E-state index contributed by atoms with van der Waals surface area (Å²) in [5, 5.41) is 4.20. The number of ether oxygens (including phenoxy) is 1. The van der Waals surface area contributed by atoms with Crippen LogP contribution in [0.3, 0.4) is 0 Å². The van der Waals surface area contributed by atoms with E-state index in [0.717, 1.165) is 35.2 Å². The molecule has 4 fully saturated rings. The number of nitrogens with zero attached hydrogens (tertiary/aromatic N) is 1. The van der Waals surface area contributed by atoms with Gasteiger partial charge in [-0.2, -0.15) is 0 Å². The number of amides is 1. The van der Waals surface area contributed by atoms with E-state index in [0.29, 0.717) is 23.1 Å². The second-order valence-electron chi connectivity index (χ2n) is 11.1. The van der Waals surface area contributed by atoms with Crippen molar-refractivity contribution in [1.82, 2.24) is 9.88 Å². The van der Waals surface area contributed by atoms with Crippen molar-refractivity contribution in [2.75, 3.05) is 13.7 Å². The van der Waals surface area contributed by atoms with Crippen LogP contribution in [0.15, 0.2) is 48.7 Å². The van der Waals surface area contributed by atoms with Gasteiger partial charge in [0, 0.05) is 34.8 Å². The number of nitrogens with one attached hydrogen (secondary N) is 1. The van der Waals surface area contributed by atoms with Crippen LogP contribution in [0, 0.1) is 29.0 Å². The Kier molecular flexibility index (Phi) is 5.42. The third-order valence-electron chi connectivity index (χ3n) is 8.64. The van der Waals surface area contributed by atoms with Gasteiger partial charge >= 0.3 is 5.97 Å². The first-order chi connectivity index (χ1) is 16.9. The number of rotatable bonds is 6. The van der Waals surface area contributed by atoms with Crippen molar-refractivity contribution in [2.45, 2.75) is 45.1 Å². The number of carbonyl (C=O) groups excluding carboxylic acids is 2. The maximum atomic E-state index is 14.6. The zero-order chi connectivity index (χ0) is 24.2. The van der Waals surface area contributed by atoms with Gasteiger partial charge in [0.25, 0.3) is 5.91 Å². The Hall–Kier alpha value is -3.15. The lowest BCUT2D eigenvalue weighted by atomic mass is 9.49. The smallest absolute Gasteiger partial charge is 0.337 e. The first-order valence-electron chi connectivity index (χ1n) is 12.7. The molecule has 4 saturated carbocycles. The number of halogens is 1. The second kappa shape index (κ2) is 8.51. The maximum absolute atomic E-state index is 14.6. The molecule has 5 nitrogen and oxygen atoms in total. The molecule has 1 aromatic heterocycles. The van der Waals surface area contributed by atoms with Crippen LogP contribution in [0.2, 0.25) is 0 Å². The molecule has 1 N–H and O–H groups in total. The predicted octanol–water partition coefficient (Wildman–Crippen LogP) is 5.56. The Balaban J connectivity index is 1.15. The topological polar surface area (TPSA) is 60.3 Å². The van der Waals surface area contributed by atoms with Crippen LogP contribution in [0.4, 0.5) is 4.39 Å². The summed E-state index contributed by atoms with van der Waals surface area (Å²) in [6.07, 6.45) is 9.94. The Morgan fingerprint density at radius 1 is 1.00 bits per heavy atom. The lowest BCUT2D eigenvalue weighted by molar-refractivity contribution is -0.0503. The number of benzene rings is 2. The van der Waals surface area contributed by atoms with E-state index in [1.165, 1.54) is 51.7 Å². The SMILES string of the molecule is COC(=O)c1ccc(Cn2ccc3cc(C(=O)NCC45CC6CC(CC(C6)C4)C5)ccc32)c(F)c1. The summed E-state index contributed by atoms with van der Waals surface area (Å²) in [6, 6.07) is 12.0. The van der Waals surface area contributed by atoms with E-state index in [1.807, 2.05) is 35.0 Å². The van der Waals surface area contributed by atoms with Crippen LogP contribution in [-0.2, 0) is 11.3 Å². The number of methoxy groups -OCH3 is 1. The number of hydrogen-bond donors (Lipinski definition) is 1. The molecule has 2 aromatic carbocycles. The van der Waals surface area contributed by atoms with Gasteiger partial charge in [0.15, 0.2) is 0 Å². The van der Waals surface area contributed by atoms with Crippen molar-refractivity contribution in [1.29, 1.82) is 0 Å². The molecular weight excluding hydrogens is 443 g/mol. The van der Waals surface area contributed by atoms with E-state index < -0.39 is 11.8 Å². The van der Waals surface area contributed by atoms with Crippen LogP contribution in [0.5, 0.6) is 0 Å². The van der Waals surface area contributed by atoms with Gasteiger partial charge < -0.3 is 14.6 Å². The Morgan fingerprint density at radius 3 is 2.34 bits per heavy atom. The molecule has 0 spiro atoms. The quantitative estimate of drug-likeness (QED) is 0.476. The summed E-state index contributed by atoms with van der Waals surface area (Å²) in [4.78, 5) is 24.7. The van der Waals surface area contributed by atoms with Gasteiger partial charge in [0.1, 0.15) is 5.82 Å². The molecule has 0 aliphatic heterocycles. The number of aromatic nitrogens is 1. The van der Waals surface area contributed by atoms with Gasteiger partial charge in [-0.15, -0.1) is 0 Å². The lowest BCUT2D eigenvalue weighted by Crippen LogP contribution is -2.51. The highest BCUT2D eigenvalue weighted by molar-refractivity contribution is 5.98. The molecule has 4 aliphatic rings. The largest absolute Gasteiger partial charge is 0.465 e. The third kappa shape index (κ3) is 4.13. The Morgan fingerprint density at radius 2 is 1.69 bits per heavy atom. The first-order valence-corrected chi connectivity index (χ1v) is 12.7. The summed E-state index contributed by atoms with van der Waals surface area (Å²) in [5.74, 6) is 1.59. The fourth-order valence-corrected chi connectivity index (χ4v) is 7.46. The van der Waals surface area contributed by atoms with E-state index in [4.69, 9.17) is 0 Å². The Labute approximate surface area is 204 Å². The lowest BCUT2D eigenvalue weighted by Gasteiger charge is -2.56. The van der Waals surface area contributed by atoms with Crippen molar-refractivity contribution in [3.63, 3.8) is 0 Å². The van der Waals surface area contributed by atoms with E-state index in [2.05, 4.69) is 10.1 Å². The molecule has 1 heterocycles. The van der Waals surface area contributed by atoms with Gasteiger partial charge in [0.05, 0.1) is 19.2 Å². The molecule has 3 aromatic rings. The normalized spacial score (nSPS) is 26.7. The average molecular weight is 475 g/mol. The molecule has 1 amide bonds. The molecule has 6 heteroatoms. The van der Waals surface area contributed by atoms with Crippen molar-refractivity contribution >= 4 is 22.8 Å². The zero-order valence-electron chi connectivity index (χ0n) is 20.1. The highest BCUT2D eigenvalue weighted by Gasteiger charge is 2.50. The van der Waals surface area contributed by atoms with Crippen LogP contribution >= 0.6 is 0 Å². The molecule has 0 radical (unpaired) electrons. The first kappa shape index (κ1) is 22.3. The molecule has 0 unspecified atom stereocenters. The minimum atomic E-state index is -0.559. The van der Waals surface area contributed by atoms with Crippen LogP contribution in [-0.4, -0.2) is 30.1 Å². The highest BCUT2D eigenvalue weighted by atomic mass is 19.1. The minimum absolute atomic E-state index is 0.0140. The van der Waals surface area contributed by atoms with Crippen molar-refractivity contribution in [2.24, 2.45) is 23.2 Å². The van der Waals surface area contributed by atoms with E-state index in [-0.39, 0.29) is 11.5 Å². The molecule has 7 rings (SSSR count). The van der Waals surface area contributed by atoms with Gasteiger partial charge in [-0.1, -0.05) is 6.07 Å². The number of esters is 1. The number of carbonyl (C=O) groups is 2. The van der Waals surface area contributed by atoms with Gasteiger partial charge in [-0.05, 0) is 98.1 Å². The molecule has 182 valence electrons. The van der Waals surface area contributed by atoms with E-state index in [9.17, 15) is 14.0 Å². The zero-order valence-corrected chi connectivity index (χ0v) is 20.1. The second-order valence-corrected chi connectivity index (χ2v) is 11.1. The third-order valence-corrected chi connectivity index (χ3v) is 8.64. The van der Waals surface area contributed by atoms with Crippen molar-refractivity contribution in [3.05, 3.63) is 71.2 Å². The fraction of sp³-hybridized carbons (Fsp3) is 0.448. The van der Waals surface area contributed by atoms with E-state index >= 15 is 0 Å².